The highest BCUT2D eigenvalue weighted by Crippen LogP contribution is 2.29. The van der Waals surface area contributed by atoms with Crippen LogP contribution >= 0.6 is 0 Å². The third-order valence-electron chi connectivity index (χ3n) is 4.09. The molecule has 0 spiro atoms. The molecule has 5 heteroatoms. The van der Waals surface area contributed by atoms with Crippen molar-refractivity contribution in [3.63, 3.8) is 0 Å². The average molecular weight is 289 g/mol. The van der Waals surface area contributed by atoms with Crippen molar-refractivity contribution in [2.75, 3.05) is 16.8 Å². The van der Waals surface area contributed by atoms with Gasteiger partial charge in [-0.15, -0.1) is 0 Å². The Bertz CT molecular complexity index is 530. The van der Waals surface area contributed by atoms with Gasteiger partial charge in [0.05, 0.1) is 17.4 Å². The highest BCUT2D eigenvalue weighted by atomic mass is 16.2. The number of carbonyl (C=O) groups excluding carboxylic acids is 2. The van der Waals surface area contributed by atoms with Gasteiger partial charge in [-0.25, -0.2) is 0 Å². The molecule has 5 nitrogen and oxygen atoms in total. The van der Waals surface area contributed by atoms with Crippen molar-refractivity contribution in [3.8, 4) is 0 Å². The molecule has 2 atom stereocenters. The van der Waals surface area contributed by atoms with Gasteiger partial charge in [-0.1, -0.05) is 32.4 Å². The van der Waals surface area contributed by atoms with Crippen molar-refractivity contribution < 1.29 is 9.59 Å². The number of nitrogens with two attached hydrogens (primary N) is 1. The Kier molecular flexibility index (Phi) is 4.96. The van der Waals surface area contributed by atoms with E-state index in [1.165, 1.54) is 0 Å². The van der Waals surface area contributed by atoms with Crippen LogP contribution in [0.1, 0.15) is 33.1 Å². The lowest BCUT2D eigenvalue weighted by atomic mass is 9.99. The molecule has 0 radical (unpaired) electrons. The summed E-state index contributed by atoms with van der Waals surface area (Å²) in [6.07, 6.45) is 2.27. The zero-order chi connectivity index (χ0) is 15.4. The van der Waals surface area contributed by atoms with Crippen LogP contribution in [0, 0.1) is 5.92 Å². The zero-order valence-electron chi connectivity index (χ0n) is 12.6. The lowest BCUT2D eigenvalue weighted by molar-refractivity contribution is -0.118. The number of amides is 2. The van der Waals surface area contributed by atoms with E-state index in [0.717, 1.165) is 18.5 Å². The van der Waals surface area contributed by atoms with Crippen LogP contribution in [0.2, 0.25) is 0 Å². The van der Waals surface area contributed by atoms with Crippen molar-refractivity contribution in [2.45, 2.75) is 39.2 Å². The zero-order valence-corrected chi connectivity index (χ0v) is 12.6. The number of nitrogens with one attached hydrogen (secondary N) is 1. The largest absolute Gasteiger partial charge is 0.323 e. The lowest BCUT2D eigenvalue weighted by Crippen LogP contribution is -2.41. The molecule has 1 aromatic rings. The maximum absolute atomic E-state index is 12.2. The third-order valence-corrected chi connectivity index (χ3v) is 4.09. The molecule has 0 saturated carbocycles. The Morgan fingerprint density at radius 3 is 2.76 bits per heavy atom. The molecular formula is C16H23N3O2. The number of nitrogens with zero attached hydrogens (tertiary/aromatic N) is 1. The van der Waals surface area contributed by atoms with Crippen molar-refractivity contribution in [1.29, 1.82) is 0 Å². The number of para-hydroxylation sites is 2. The first-order chi connectivity index (χ1) is 10.0. The van der Waals surface area contributed by atoms with Gasteiger partial charge in [0.25, 0.3) is 0 Å². The van der Waals surface area contributed by atoms with Gasteiger partial charge in [0.1, 0.15) is 0 Å². The molecule has 0 aliphatic carbocycles. The van der Waals surface area contributed by atoms with Gasteiger partial charge in [-0.05, 0) is 24.5 Å². The Morgan fingerprint density at radius 2 is 2.14 bits per heavy atom. The molecule has 0 bridgehead atoms. The minimum atomic E-state index is -0.544. The predicted molar refractivity (Wildman–Crippen MR) is 84.1 cm³/mol. The van der Waals surface area contributed by atoms with Gasteiger partial charge in [0.15, 0.2) is 0 Å². The minimum absolute atomic E-state index is 0.0999. The Balaban J connectivity index is 2.17. The van der Waals surface area contributed by atoms with Crippen molar-refractivity contribution in [3.05, 3.63) is 24.3 Å². The predicted octanol–water partition coefficient (Wildman–Crippen LogP) is 2.13. The van der Waals surface area contributed by atoms with Crippen LogP contribution in [0.4, 0.5) is 11.4 Å². The Morgan fingerprint density at radius 1 is 1.43 bits per heavy atom. The normalized spacial score (nSPS) is 17.7. The summed E-state index contributed by atoms with van der Waals surface area (Å²) in [7, 11) is 0. The summed E-state index contributed by atoms with van der Waals surface area (Å²) in [4.78, 5) is 25.8. The molecule has 1 fully saturated rings. The summed E-state index contributed by atoms with van der Waals surface area (Å²) in [5, 5.41) is 2.87. The van der Waals surface area contributed by atoms with Gasteiger partial charge in [0, 0.05) is 13.0 Å². The molecule has 3 N–H and O–H groups in total. The summed E-state index contributed by atoms with van der Waals surface area (Å²) in [6, 6.07) is 6.83. The molecular weight excluding hydrogens is 266 g/mol. The SMILES string of the molecule is CC[C@H](C)[C@H](N)C(=O)Nc1ccccc1N1CCCC1=O. The smallest absolute Gasteiger partial charge is 0.241 e. The van der Waals surface area contributed by atoms with E-state index < -0.39 is 6.04 Å². The first-order valence-electron chi connectivity index (χ1n) is 7.50. The number of carbonyl (C=O) groups is 2. The van der Waals surface area contributed by atoms with Crippen molar-refractivity contribution >= 4 is 23.2 Å². The second kappa shape index (κ2) is 6.72. The summed E-state index contributed by atoms with van der Waals surface area (Å²) in [6.45, 7) is 4.66. The molecule has 0 aromatic heterocycles. The molecule has 1 aliphatic rings. The van der Waals surface area contributed by atoms with Crippen molar-refractivity contribution in [1.82, 2.24) is 0 Å². The first kappa shape index (κ1) is 15.5. The summed E-state index contributed by atoms with van der Waals surface area (Å²) >= 11 is 0. The number of anilines is 2. The Labute approximate surface area is 125 Å². The van der Waals surface area contributed by atoms with Crippen LogP contribution in [0.5, 0.6) is 0 Å². The lowest BCUT2D eigenvalue weighted by Gasteiger charge is -2.22. The fourth-order valence-electron chi connectivity index (χ4n) is 2.45. The number of hydrogen-bond acceptors (Lipinski definition) is 3. The van der Waals surface area contributed by atoms with Gasteiger partial charge in [0.2, 0.25) is 11.8 Å². The molecule has 1 heterocycles. The van der Waals surface area contributed by atoms with Gasteiger partial charge < -0.3 is 16.0 Å². The minimum Gasteiger partial charge on any atom is -0.323 e. The van der Waals surface area contributed by atoms with Crippen LogP contribution in [0.15, 0.2) is 24.3 Å². The molecule has 2 amide bonds. The number of hydrogen-bond donors (Lipinski definition) is 2. The maximum Gasteiger partial charge on any atom is 0.241 e. The van der Waals surface area contributed by atoms with Crippen molar-refractivity contribution in [2.24, 2.45) is 11.7 Å². The second-order valence-electron chi connectivity index (χ2n) is 5.57. The van der Waals surface area contributed by atoms with Crippen LogP contribution in [-0.4, -0.2) is 24.4 Å². The summed E-state index contributed by atoms with van der Waals surface area (Å²) < 4.78 is 0. The fourth-order valence-corrected chi connectivity index (χ4v) is 2.45. The van der Waals surface area contributed by atoms with Gasteiger partial charge >= 0.3 is 0 Å². The quantitative estimate of drug-likeness (QED) is 0.872. The summed E-state index contributed by atoms with van der Waals surface area (Å²) in [5.74, 6) is 0.0111. The van der Waals surface area contributed by atoms with Crippen LogP contribution in [-0.2, 0) is 9.59 Å². The highest BCUT2D eigenvalue weighted by Gasteiger charge is 2.25. The number of benzene rings is 1. The second-order valence-corrected chi connectivity index (χ2v) is 5.57. The maximum atomic E-state index is 12.2. The van der Waals surface area contributed by atoms with E-state index in [1.807, 2.05) is 38.1 Å². The van der Waals surface area contributed by atoms with E-state index in [-0.39, 0.29) is 17.7 Å². The van der Waals surface area contributed by atoms with E-state index in [4.69, 9.17) is 5.73 Å². The van der Waals surface area contributed by atoms with E-state index in [9.17, 15) is 9.59 Å². The third kappa shape index (κ3) is 3.42. The molecule has 2 rings (SSSR count). The number of rotatable bonds is 5. The van der Waals surface area contributed by atoms with E-state index >= 15 is 0 Å². The van der Waals surface area contributed by atoms with Crippen LogP contribution in [0.3, 0.4) is 0 Å². The molecule has 1 aromatic carbocycles. The fraction of sp³-hybridized carbons (Fsp3) is 0.500. The van der Waals surface area contributed by atoms with E-state index in [0.29, 0.717) is 18.7 Å². The molecule has 114 valence electrons. The highest BCUT2D eigenvalue weighted by molar-refractivity contribution is 6.03. The van der Waals surface area contributed by atoms with Crippen LogP contribution < -0.4 is 16.0 Å². The molecule has 0 unspecified atom stereocenters. The van der Waals surface area contributed by atoms with Crippen LogP contribution in [0.25, 0.3) is 0 Å². The average Bonchev–Trinajstić information content (AvgIpc) is 2.92. The monoisotopic (exact) mass is 289 g/mol. The van der Waals surface area contributed by atoms with Gasteiger partial charge in [-0.2, -0.15) is 0 Å². The topological polar surface area (TPSA) is 75.4 Å². The molecule has 21 heavy (non-hydrogen) atoms. The van der Waals surface area contributed by atoms with E-state index in [2.05, 4.69) is 5.32 Å². The van der Waals surface area contributed by atoms with Gasteiger partial charge in [-0.3, -0.25) is 9.59 Å². The standard InChI is InChI=1S/C16H23N3O2/c1-3-11(2)15(17)16(21)18-12-7-4-5-8-13(12)19-10-6-9-14(19)20/h4-5,7-8,11,15H,3,6,9-10,17H2,1-2H3,(H,18,21)/t11-,15-/m0/s1. The summed E-state index contributed by atoms with van der Waals surface area (Å²) in [5.41, 5.74) is 7.36. The Hall–Kier alpha value is -1.88. The van der Waals surface area contributed by atoms with E-state index in [1.54, 1.807) is 4.90 Å². The molecule has 1 aliphatic heterocycles. The molecule has 1 saturated heterocycles. The first-order valence-corrected chi connectivity index (χ1v) is 7.50.